The first-order chi connectivity index (χ1) is 24.3. The molecule has 0 aliphatic rings. The second-order valence-electron chi connectivity index (χ2n) is 14.3. The zero-order chi connectivity index (χ0) is 36.9. The van der Waals surface area contributed by atoms with E-state index in [-0.39, 0.29) is 18.8 Å². The SMILES string of the molecule is CC(C)(C)OC(=O)N(C(=O)OCc1ccccc1)c1ccccc1CCCOc1c(OCc2ccccc2)cccc1C(=O)OCC[Si](C)(C)C. The number of rotatable bonds is 15. The van der Waals surface area contributed by atoms with Crippen molar-refractivity contribution in [2.24, 2.45) is 0 Å². The molecule has 0 saturated heterocycles. The fourth-order valence-electron chi connectivity index (χ4n) is 4.94. The first-order valence-electron chi connectivity index (χ1n) is 17.2. The molecule has 2 amide bonds. The van der Waals surface area contributed by atoms with Crippen LogP contribution < -0.4 is 14.4 Å². The first-order valence-corrected chi connectivity index (χ1v) is 20.9. The van der Waals surface area contributed by atoms with Crippen LogP contribution in [-0.2, 0) is 33.8 Å². The van der Waals surface area contributed by atoms with Gasteiger partial charge in [0.2, 0.25) is 0 Å². The molecule has 10 heteroatoms. The van der Waals surface area contributed by atoms with Crippen LogP contribution in [0.3, 0.4) is 0 Å². The van der Waals surface area contributed by atoms with Gasteiger partial charge in [-0.1, -0.05) is 105 Å². The Morgan fingerprint density at radius 2 is 1.29 bits per heavy atom. The van der Waals surface area contributed by atoms with Crippen LogP contribution in [0, 0.1) is 0 Å². The molecule has 9 nitrogen and oxygen atoms in total. The van der Waals surface area contributed by atoms with Gasteiger partial charge in [0, 0.05) is 8.07 Å². The molecule has 4 aromatic carbocycles. The van der Waals surface area contributed by atoms with Crippen molar-refractivity contribution < 1.29 is 38.1 Å². The number of anilines is 1. The average molecular weight is 712 g/mol. The summed E-state index contributed by atoms with van der Waals surface area (Å²) in [6.07, 6.45) is -0.774. The van der Waals surface area contributed by atoms with Crippen LogP contribution in [0.25, 0.3) is 0 Å². The van der Waals surface area contributed by atoms with Crippen LogP contribution in [0.15, 0.2) is 103 Å². The smallest absolute Gasteiger partial charge is 0.424 e. The highest BCUT2D eigenvalue weighted by Crippen LogP contribution is 2.33. The zero-order valence-corrected chi connectivity index (χ0v) is 31.5. The van der Waals surface area contributed by atoms with Crippen LogP contribution in [0.4, 0.5) is 15.3 Å². The Labute approximate surface area is 302 Å². The number of nitrogens with zero attached hydrogens (tertiary/aromatic N) is 1. The number of hydrogen-bond donors (Lipinski definition) is 0. The topological polar surface area (TPSA) is 101 Å². The summed E-state index contributed by atoms with van der Waals surface area (Å²) in [5, 5.41) is 0. The number of benzene rings is 4. The Kier molecular flexibility index (Phi) is 13.8. The van der Waals surface area contributed by atoms with E-state index >= 15 is 0 Å². The van der Waals surface area contributed by atoms with Crippen molar-refractivity contribution in [2.45, 2.75) is 78.1 Å². The lowest BCUT2D eigenvalue weighted by Crippen LogP contribution is -2.41. The molecule has 0 atom stereocenters. The third-order valence-electron chi connectivity index (χ3n) is 7.55. The molecule has 0 spiro atoms. The quantitative estimate of drug-likeness (QED) is 0.0520. The fraction of sp³-hybridized carbons (Fsp3) is 0.341. The van der Waals surface area contributed by atoms with E-state index in [1.165, 1.54) is 0 Å². The zero-order valence-electron chi connectivity index (χ0n) is 30.5. The number of amides is 2. The van der Waals surface area contributed by atoms with E-state index in [9.17, 15) is 14.4 Å². The number of imide groups is 1. The summed E-state index contributed by atoms with van der Waals surface area (Å²) in [7, 11) is -1.41. The molecule has 0 aromatic heterocycles. The van der Waals surface area contributed by atoms with Crippen LogP contribution >= 0.6 is 0 Å². The Bertz CT molecular complexity index is 1730. The molecule has 51 heavy (non-hydrogen) atoms. The third-order valence-corrected chi connectivity index (χ3v) is 9.26. The molecular weight excluding hydrogens is 663 g/mol. The molecule has 0 bridgehead atoms. The summed E-state index contributed by atoms with van der Waals surface area (Å²) in [4.78, 5) is 41.1. The average Bonchev–Trinajstić information content (AvgIpc) is 3.08. The molecule has 4 rings (SSSR count). The predicted octanol–water partition coefficient (Wildman–Crippen LogP) is 9.85. The minimum Gasteiger partial charge on any atom is -0.489 e. The third kappa shape index (κ3) is 12.6. The Hall–Kier alpha value is -5.09. The van der Waals surface area contributed by atoms with Crippen molar-refractivity contribution in [2.75, 3.05) is 18.1 Å². The monoisotopic (exact) mass is 711 g/mol. The van der Waals surface area contributed by atoms with Crippen LogP contribution in [-0.4, -0.2) is 45.0 Å². The van der Waals surface area contributed by atoms with Gasteiger partial charge in [-0.05, 0) is 74.5 Å². The molecule has 0 aliphatic heterocycles. The molecule has 270 valence electrons. The van der Waals surface area contributed by atoms with E-state index in [2.05, 4.69) is 19.6 Å². The summed E-state index contributed by atoms with van der Waals surface area (Å²) < 4.78 is 29.3. The number of carbonyl (C=O) groups excluding carboxylic acids is 3. The second kappa shape index (κ2) is 18.2. The van der Waals surface area contributed by atoms with E-state index in [1.54, 1.807) is 51.1 Å². The summed E-state index contributed by atoms with van der Waals surface area (Å²) in [5.41, 5.74) is 2.26. The maximum atomic E-state index is 13.5. The van der Waals surface area contributed by atoms with E-state index in [4.69, 9.17) is 23.7 Å². The number of hydrogen-bond acceptors (Lipinski definition) is 8. The van der Waals surface area contributed by atoms with Crippen molar-refractivity contribution in [1.29, 1.82) is 0 Å². The Morgan fingerprint density at radius 1 is 0.667 bits per heavy atom. The highest BCUT2D eigenvalue weighted by molar-refractivity contribution is 6.76. The molecule has 0 aliphatic carbocycles. The summed E-state index contributed by atoms with van der Waals surface area (Å²) in [6.45, 7) is 12.7. The number of carbonyl (C=O) groups is 3. The standard InChI is InChI=1S/C41H49NO8Si/c1-41(2,3)50-40(45)42(39(44)49-30-32-19-11-8-12-20-32)35-24-14-13-21-33(35)22-16-26-46-37-34(38(43)47-27-28-51(4,5)6)23-15-25-36(37)48-29-31-17-9-7-10-18-31/h7-15,17-21,23-25H,16,22,26-30H2,1-6H3. The molecule has 0 saturated carbocycles. The van der Waals surface area contributed by atoms with Crippen molar-refractivity contribution in [3.8, 4) is 11.5 Å². The van der Waals surface area contributed by atoms with Gasteiger partial charge in [-0.25, -0.2) is 14.4 Å². The lowest BCUT2D eigenvalue weighted by molar-refractivity contribution is 0.0516. The van der Waals surface area contributed by atoms with E-state index in [0.29, 0.717) is 48.8 Å². The van der Waals surface area contributed by atoms with Crippen molar-refractivity contribution in [3.63, 3.8) is 0 Å². The van der Waals surface area contributed by atoms with Crippen LogP contribution in [0.2, 0.25) is 25.7 Å². The largest absolute Gasteiger partial charge is 0.489 e. The van der Waals surface area contributed by atoms with Crippen molar-refractivity contribution in [1.82, 2.24) is 0 Å². The highest BCUT2D eigenvalue weighted by Gasteiger charge is 2.32. The van der Waals surface area contributed by atoms with Gasteiger partial charge in [0.25, 0.3) is 0 Å². The normalized spacial score (nSPS) is 11.3. The Morgan fingerprint density at radius 3 is 1.94 bits per heavy atom. The molecule has 0 radical (unpaired) electrons. The van der Waals surface area contributed by atoms with E-state index in [1.807, 2.05) is 72.8 Å². The molecular formula is C41H49NO8Si. The number of esters is 1. The molecule has 0 unspecified atom stereocenters. The molecule has 0 fully saturated rings. The molecule has 4 aromatic rings. The van der Waals surface area contributed by atoms with Gasteiger partial charge in [0.1, 0.15) is 24.4 Å². The predicted molar refractivity (Wildman–Crippen MR) is 201 cm³/mol. The molecule has 0 heterocycles. The van der Waals surface area contributed by atoms with Crippen molar-refractivity contribution >= 4 is 31.9 Å². The fourth-order valence-corrected chi connectivity index (χ4v) is 5.66. The van der Waals surface area contributed by atoms with Gasteiger partial charge in [0.05, 0.1) is 18.9 Å². The number of para-hydroxylation sites is 2. The molecule has 0 N–H and O–H groups in total. The Balaban J connectivity index is 1.51. The maximum absolute atomic E-state index is 13.5. The number of aryl methyl sites for hydroxylation is 1. The first kappa shape index (κ1) is 38.7. The minimum atomic E-state index is -1.41. The lowest BCUT2D eigenvalue weighted by atomic mass is 10.1. The van der Waals surface area contributed by atoms with Crippen LogP contribution in [0.1, 0.15) is 54.2 Å². The van der Waals surface area contributed by atoms with Gasteiger partial charge >= 0.3 is 18.2 Å². The lowest BCUT2D eigenvalue weighted by Gasteiger charge is -2.27. The summed E-state index contributed by atoms with van der Waals surface area (Å²) in [5.74, 6) is 0.261. The minimum absolute atomic E-state index is 0.0103. The maximum Gasteiger partial charge on any atom is 0.424 e. The summed E-state index contributed by atoms with van der Waals surface area (Å²) in [6, 6.07) is 32.1. The van der Waals surface area contributed by atoms with Gasteiger partial charge in [-0.2, -0.15) is 4.90 Å². The van der Waals surface area contributed by atoms with Gasteiger partial charge < -0.3 is 23.7 Å². The number of ether oxygens (including phenoxy) is 5. The highest BCUT2D eigenvalue weighted by atomic mass is 28.3. The van der Waals surface area contributed by atoms with Gasteiger partial charge in [-0.15, -0.1) is 0 Å². The van der Waals surface area contributed by atoms with Crippen molar-refractivity contribution in [3.05, 3.63) is 125 Å². The summed E-state index contributed by atoms with van der Waals surface area (Å²) >= 11 is 0. The van der Waals surface area contributed by atoms with E-state index < -0.39 is 31.8 Å². The van der Waals surface area contributed by atoms with E-state index in [0.717, 1.165) is 22.1 Å². The van der Waals surface area contributed by atoms with Crippen LogP contribution in [0.5, 0.6) is 11.5 Å². The van der Waals surface area contributed by atoms with Gasteiger partial charge in [-0.3, -0.25) is 0 Å². The van der Waals surface area contributed by atoms with Gasteiger partial charge in [0.15, 0.2) is 11.5 Å². The second-order valence-corrected chi connectivity index (χ2v) is 19.9.